The van der Waals surface area contributed by atoms with Gasteiger partial charge >= 0.3 is 0 Å². The van der Waals surface area contributed by atoms with Crippen molar-refractivity contribution in [1.29, 1.82) is 0 Å². The molecule has 0 fully saturated rings. The number of nitrogens with zero attached hydrogens (tertiary/aromatic N) is 1. The van der Waals surface area contributed by atoms with Crippen LogP contribution in [0.3, 0.4) is 0 Å². The summed E-state index contributed by atoms with van der Waals surface area (Å²) < 4.78 is 5.70. The van der Waals surface area contributed by atoms with Gasteiger partial charge in [0.05, 0.1) is 6.61 Å². The Balaban J connectivity index is 1.78. The molecule has 2 rings (SSSR count). The highest BCUT2D eigenvalue weighted by Gasteiger charge is 2.00. The molecule has 0 aliphatic carbocycles. The molecule has 23 heavy (non-hydrogen) atoms. The van der Waals surface area contributed by atoms with Crippen molar-refractivity contribution in [2.45, 2.75) is 58.8 Å². The molecular formula is C21H29NO. The van der Waals surface area contributed by atoms with E-state index in [0.29, 0.717) is 0 Å². The highest BCUT2D eigenvalue weighted by atomic mass is 16.5. The van der Waals surface area contributed by atoms with Crippen LogP contribution in [0.15, 0.2) is 42.6 Å². The minimum Gasteiger partial charge on any atom is -0.494 e. The van der Waals surface area contributed by atoms with Crippen molar-refractivity contribution >= 4 is 0 Å². The topological polar surface area (TPSA) is 22.1 Å². The third-order valence-corrected chi connectivity index (χ3v) is 4.06. The predicted molar refractivity (Wildman–Crippen MR) is 97.1 cm³/mol. The Morgan fingerprint density at radius 3 is 2.17 bits per heavy atom. The normalized spacial score (nSPS) is 10.7. The Hall–Kier alpha value is -1.83. The first-order chi connectivity index (χ1) is 11.3. The summed E-state index contributed by atoms with van der Waals surface area (Å²) in [6.45, 7) is 5.21. The van der Waals surface area contributed by atoms with Crippen LogP contribution < -0.4 is 4.74 Å². The van der Waals surface area contributed by atoms with Gasteiger partial charge in [-0.3, -0.25) is 4.98 Å². The summed E-state index contributed by atoms with van der Waals surface area (Å²) in [5.74, 6) is 0.973. The molecule has 1 heterocycles. The number of aryl methyl sites for hydroxylation is 3. The molecule has 0 N–H and O–H groups in total. The molecule has 0 radical (unpaired) electrons. The Labute approximate surface area is 140 Å². The van der Waals surface area contributed by atoms with Crippen molar-refractivity contribution in [3.63, 3.8) is 0 Å². The minimum atomic E-state index is 0.810. The molecule has 0 unspecified atom stereocenters. The summed E-state index contributed by atoms with van der Waals surface area (Å²) >= 11 is 0. The number of rotatable bonds is 10. The Morgan fingerprint density at radius 1 is 0.783 bits per heavy atom. The zero-order valence-electron chi connectivity index (χ0n) is 14.6. The molecule has 2 aromatic rings. The molecule has 0 aliphatic heterocycles. The molecular weight excluding hydrogens is 282 g/mol. The van der Waals surface area contributed by atoms with Gasteiger partial charge in [0.2, 0.25) is 0 Å². The first-order valence-electron chi connectivity index (χ1n) is 8.97. The van der Waals surface area contributed by atoms with Crippen LogP contribution in [0.25, 0.3) is 0 Å². The van der Waals surface area contributed by atoms with Gasteiger partial charge in [-0.1, -0.05) is 44.9 Å². The molecule has 0 saturated heterocycles. The van der Waals surface area contributed by atoms with E-state index in [1.165, 1.54) is 36.1 Å². The second-order valence-electron chi connectivity index (χ2n) is 6.11. The monoisotopic (exact) mass is 311 g/mol. The molecule has 2 heteroatoms. The summed E-state index contributed by atoms with van der Waals surface area (Å²) in [5.41, 5.74) is 3.86. The van der Waals surface area contributed by atoms with Crippen molar-refractivity contribution in [3.05, 3.63) is 59.4 Å². The number of aromatic nitrogens is 1. The molecule has 0 saturated carbocycles. The third-order valence-electron chi connectivity index (χ3n) is 4.06. The van der Waals surface area contributed by atoms with Crippen LogP contribution >= 0.6 is 0 Å². The second kappa shape index (κ2) is 10.0. The third kappa shape index (κ3) is 6.43. The van der Waals surface area contributed by atoms with E-state index < -0.39 is 0 Å². The van der Waals surface area contributed by atoms with Crippen LogP contribution in [0.1, 0.15) is 56.4 Å². The average molecular weight is 311 g/mol. The summed E-state index contributed by atoms with van der Waals surface area (Å²) in [5, 5.41) is 0. The fourth-order valence-corrected chi connectivity index (χ4v) is 2.49. The number of hydrogen-bond donors (Lipinski definition) is 0. The number of ether oxygens (including phenoxy) is 1. The lowest BCUT2D eigenvalue weighted by Crippen LogP contribution is -1.98. The van der Waals surface area contributed by atoms with E-state index in [-0.39, 0.29) is 0 Å². The van der Waals surface area contributed by atoms with E-state index >= 15 is 0 Å². The minimum absolute atomic E-state index is 0.810. The van der Waals surface area contributed by atoms with Crippen LogP contribution in [0.4, 0.5) is 0 Å². The van der Waals surface area contributed by atoms with E-state index in [4.69, 9.17) is 4.74 Å². The molecule has 0 amide bonds. The van der Waals surface area contributed by atoms with E-state index in [2.05, 4.69) is 55.2 Å². The molecule has 0 spiro atoms. The molecule has 0 bridgehead atoms. The highest BCUT2D eigenvalue weighted by Crippen LogP contribution is 2.14. The van der Waals surface area contributed by atoms with Gasteiger partial charge in [-0.05, 0) is 61.4 Å². The van der Waals surface area contributed by atoms with Crippen molar-refractivity contribution < 1.29 is 4.74 Å². The van der Waals surface area contributed by atoms with Crippen molar-refractivity contribution in [1.82, 2.24) is 4.98 Å². The van der Waals surface area contributed by atoms with Crippen molar-refractivity contribution in [2.24, 2.45) is 0 Å². The van der Waals surface area contributed by atoms with Gasteiger partial charge in [0.25, 0.3) is 0 Å². The van der Waals surface area contributed by atoms with Gasteiger partial charge in [0.15, 0.2) is 0 Å². The zero-order chi connectivity index (χ0) is 16.3. The molecule has 124 valence electrons. The Kier molecular flexibility index (Phi) is 7.65. The van der Waals surface area contributed by atoms with Gasteiger partial charge in [0.1, 0.15) is 5.75 Å². The average Bonchev–Trinajstić information content (AvgIpc) is 2.60. The summed E-state index contributed by atoms with van der Waals surface area (Å²) in [4.78, 5) is 4.59. The van der Waals surface area contributed by atoms with E-state index in [1.807, 2.05) is 6.20 Å². The lowest BCUT2D eigenvalue weighted by molar-refractivity contribution is 0.309. The van der Waals surface area contributed by atoms with E-state index in [1.54, 1.807) is 0 Å². The van der Waals surface area contributed by atoms with Crippen LogP contribution in [0, 0.1) is 0 Å². The van der Waals surface area contributed by atoms with Crippen molar-refractivity contribution in [3.8, 4) is 5.75 Å². The second-order valence-corrected chi connectivity index (χ2v) is 6.11. The SMILES string of the molecule is CCCCOc1ccc(CCc2ccc(CCCC)cn2)cc1. The van der Waals surface area contributed by atoms with Gasteiger partial charge in [0, 0.05) is 11.9 Å². The molecule has 2 nitrogen and oxygen atoms in total. The largest absolute Gasteiger partial charge is 0.494 e. The summed E-state index contributed by atoms with van der Waals surface area (Å²) in [7, 11) is 0. The maximum Gasteiger partial charge on any atom is 0.119 e. The van der Waals surface area contributed by atoms with Crippen molar-refractivity contribution in [2.75, 3.05) is 6.61 Å². The maximum absolute atomic E-state index is 5.70. The summed E-state index contributed by atoms with van der Waals surface area (Å²) in [6.07, 6.45) is 9.96. The first kappa shape index (κ1) is 17.5. The maximum atomic E-state index is 5.70. The van der Waals surface area contributed by atoms with E-state index in [9.17, 15) is 0 Å². The Morgan fingerprint density at radius 2 is 1.52 bits per heavy atom. The van der Waals surface area contributed by atoms with Crippen LogP contribution in [-0.2, 0) is 19.3 Å². The summed E-state index contributed by atoms with van der Waals surface area (Å²) in [6, 6.07) is 12.9. The molecule has 1 aromatic heterocycles. The fraction of sp³-hybridized carbons (Fsp3) is 0.476. The van der Waals surface area contributed by atoms with Crippen LogP contribution in [0.2, 0.25) is 0 Å². The Bertz CT molecular complexity index is 545. The van der Waals surface area contributed by atoms with Gasteiger partial charge in [-0.25, -0.2) is 0 Å². The van der Waals surface area contributed by atoms with Crippen LogP contribution in [0.5, 0.6) is 5.75 Å². The van der Waals surface area contributed by atoms with Crippen LogP contribution in [-0.4, -0.2) is 11.6 Å². The molecule has 0 atom stereocenters. The van der Waals surface area contributed by atoms with Gasteiger partial charge < -0.3 is 4.74 Å². The molecule has 1 aromatic carbocycles. The lowest BCUT2D eigenvalue weighted by Gasteiger charge is -2.07. The molecule has 0 aliphatic rings. The number of hydrogen-bond acceptors (Lipinski definition) is 2. The number of benzene rings is 1. The van der Waals surface area contributed by atoms with Gasteiger partial charge in [-0.2, -0.15) is 0 Å². The number of unbranched alkanes of at least 4 members (excludes halogenated alkanes) is 2. The lowest BCUT2D eigenvalue weighted by atomic mass is 10.1. The smallest absolute Gasteiger partial charge is 0.119 e. The quantitative estimate of drug-likeness (QED) is 0.549. The fourth-order valence-electron chi connectivity index (χ4n) is 2.49. The first-order valence-corrected chi connectivity index (χ1v) is 8.97. The number of pyridine rings is 1. The zero-order valence-corrected chi connectivity index (χ0v) is 14.6. The van der Waals surface area contributed by atoms with E-state index in [0.717, 1.165) is 38.0 Å². The highest BCUT2D eigenvalue weighted by molar-refractivity contribution is 5.28. The predicted octanol–water partition coefficient (Wildman–Crippen LogP) is 5.39. The standard InChI is InChI=1S/C21H29NO/c1-3-5-7-19-9-13-20(22-17-19)12-8-18-10-14-21(15-11-18)23-16-6-4-2/h9-11,13-15,17H,3-8,12,16H2,1-2H3. The van der Waals surface area contributed by atoms with Gasteiger partial charge in [-0.15, -0.1) is 0 Å².